The van der Waals surface area contributed by atoms with E-state index >= 15 is 0 Å². The van der Waals surface area contributed by atoms with Crippen LogP contribution in [0.5, 0.6) is 11.5 Å². The Morgan fingerprint density at radius 2 is 1.33 bits per heavy atom. The SMILES string of the molecule is CCN(CC)CCCN1C(=O)C(=O)C(=C(O)c2ccc(OCc3ccc(C)cc3)cc2)C1c1ccc(OCc2ccccc2)cc1. The van der Waals surface area contributed by atoms with Crippen molar-refractivity contribution >= 4 is 17.4 Å². The van der Waals surface area contributed by atoms with Crippen molar-refractivity contribution in [1.82, 2.24) is 9.80 Å². The first-order valence-corrected chi connectivity index (χ1v) is 15.9. The highest BCUT2D eigenvalue weighted by atomic mass is 16.5. The first-order valence-electron chi connectivity index (χ1n) is 15.9. The van der Waals surface area contributed by atoms with Gasteiger partial charge in [0, 0.05) is 12.1 Å². The second-order valence-electron chi connectivity index (χ2n) is 11.5. The van der Waals surface area contributed by atoms with Crippen LogP contribution in [0.3, 0.4) is 0 Å². The van der Waals surface area contributed by atoms with Gasteiger partial charge in [0.2, 0.25) is 0 Å². The number of benzene rings is 4. The van der Waals surface area contributed by atoms with E-state index in [0.717, 1.165) is 36.3 Å². The molecule has 1 N–H and O–H groups in total. The van der Waals surface area contributed by atoms with E-state index in [1.165, 1.54) is 5.56 Å². The van der Waals surface area contributed by atoms with Gasteiger partial charge >= 0.3 is 0 Å². The van der Waals surface area contributed by atoms with E-state index in [4.69, 9.17) is 9.47 Å². The number of amides is 1. The van der Waals surface area contributed by atoms with Gasteiger partial charge in [0.15, 0.2) is 0 Å². The van der Waals surface area contributed by atoms with E-state index in [1.807, 2.05) is 85.8 Å². The molecule has 1 unspecified atom stereocenters. The van der Waals surface area contributed by atoms with Gasteiger partial charge in [-0.2, -0.15) is 0 Å². The number of aliphatic hydroxyl groups excluding tert-OH is 1. The molecular formula is C39H42N2O5. The van der Waals surface area contributed by atoms with Crippen molar-refractivity contribution in [2.75, 3.05) is 26.2 Å². The molecule has 0 radical (unpaired) electrons. The first-order chi connectivity index (χ1) is 22.4. The highest BCUT2D eigenvalue weighted by Crippen LogP contribution is 2.40. The average Bonchev–Trinajstić information content (AvgIpc) is 3.34. The highest BCUT2D eigenvalue weighted by Gasteiger charge is 2.45. The zero-order valence-corrected chi connectivity index (χ0v) is 26.8. The summed E-state index contributed by atoms with van der Waals surface area (Å²) in [6.45, 7) is 10.1. The highest BCUT2D eigenvalue weighted by molar-refractivity contribution is 6.46. The minimum atomic E-state index is -0.725. The Morgan fingerprint density at radius 1 is 0.761 bits per heavy atom. The maximum atomic E-state index is 13.5. The van der Waals surface area contributed by atoms with Crippen LogP contribution in [0.2, 0.25) is 0 Å². The Balaban J connectivity index is 1.39. The van der Waals surface area contributed by atoms with Crippen LogP contribution in [0.15, 0.2) is 109 Å². The summed E-state index contributed by atoms with van der Waals surface area (Å²) in [7, 11) is 0. The molecule has 1 heterocycles. The summed E-state index contributed by atoms with van der Waals surface area (Å²) in [6, 6.07) is 31.7. The lowest BCUT2D eigenvalue weighted by Crippen LogP contribution is -2.33. The maximum absolute atomic E-state index is 13.5. The molecule has 4 aromatic carbocycles. The molecule has 1 aliphatic rings. The van der Waals surface area contributed by atoms with Crippen LogP contribution in [0.25, 0.3) is 5.76 Å². The summed E-state index contributed by atoms with van der Waals surface area (Å²) in [5, 5.41) is 11.5. The van der Waals surface area contributed by atoms with Crippen molar-refractivity contribution in [2.45, 2.75) is 46.4 Å². The molecule has 0 aromatic heterocycles. The molecule has 1 fully saturated rings. The Hall–Kier alpha value is -4.88. The van der Waals surface area contributed by atoms with E-state index in [1.54, 1.807) is 29.2 Å². The molecule has 1 atom stereocenters. The van der Waals surface area contributed by atoms with E-state index in [-0.39, 0.29) is 11.3 Å². The largest absolute Gasteiger partial charge is 0.507 e. The quantitative estimate of drug-likeness (QED) is 0.0908. The van der Waals surface area contributed by atoms with Gasteiger partial charge in [-0.1, -0.05) is 86.1 Å². The van der Waals surface area contributed by atoms with E-state index < -0.39 is 17.7 Å². The third kappa shape index (κ3) is 7.85. The Labute approximate surface area is 271 Å². The number of ether oxygens (including phenoxy) is 2. The number of ketones is 1. The third-order valence-corrected chi connectivity index (χ3v) is 8.41. The van der Waals surface area contributed by atoms with Gasteiger partial charge in [0.1, 0.15) is 30.5 Å². The molecule has 5 rings (SSSR count). The van der Waals surface area contributed by atoms with E-state index in [2.05, 4.69) is 18.7 Å². The van der Waals surface area contributed by atoms with Crippen LogP contribution in [0.1, 0.15) is 54.1 Å². The Morgan fingerprint density at radius 3 is 1.91 bits per heavy atom. The average molecular weight is 619 g/mol. The molecule has 0 aliphatic carbocycles. The molecule has 1 amide bonds. The zero-order valence-electron chi connectivity index (χ0n) is 26.8. The summed E-state index contributed by atoms with van der Waals surface area (Å²) in [5.41, 5.74) is 4.55. The number of Topliss-reactive ketones (excluding diaryl/α,β-unsaturated/α-hetero) is 1. The zero-order chi connectivity index (χ0) is 32.5. The van der Waals surface area contributed by atoms with Crippen LogP contribution < -0.4 is 9.47 Å². The predicted octanol–water partition coefficient (Wildman–Crippen LogP) is 7.31. The monoisotopic (exact) mass is 618 g/mol. The summed E-state index contributed by atoms with van der Waals surface area (Å²) in [4.78, 5) is 30.9. The van der Waals surface area contributed by atoms with Gasteiger partial charge in [0.05, 0.1) is 11.6 Å². The van der Waals surface area contributed by atoms with E-state index in [0.29, 0.717) is 43.2 Å². The van der Waals surface area contributed by atoms with E-state index in [9.17, 15) is 14.7 Å². The number of rotatable bonds is 14. The molecule has 1 saturated heterocycles. The molecule has 238 valence electrons. The fraction of sp³-hybridized carbons (Fsp3) is 0.282. The predicted molar refractivity (Wildman–Crippen MR) is 181 cm³/mol. The molecule has 4 aromatic rings. The molecule has 0 spiro atoms. The molecule has 7 heteroatoms. The Kier molecular flexibility index (Phi) is 10.9. The van der Waals surface area contributed by atoms with Crippen LogP contribution in [0.4, 0.5) is 0 Å². The number of aliphatic hydroxyl groups is 1. The van der Waals surface area contributed by atoms with Crippen LogP contribution in [-0.4, -0.2) is 52.8 Å². The fourth-order valence-electron chi connectivity index (χ4n) is 5.66. The minimum absolute atomic E-state index is 0.0825. The van der Waals surface area contributed by atoms with Crippen molar-refractivity contribution in [2.24, 2.45) is 0 Å². The summed E-state index contributed by atoms with van der Waals surface area (Å²) in [6.07, 6.45) is 0.705. The second-order valence-corrected chi connectivity index (χ2v) is 11.5. The summed E-state index contributed by atoms with van der Waals surface area (Å²) in [5.74, 6) is -0.184. The molecular weight excluding hydrogens is 576 g/mol. The minimum Gasteiger partial charge on any atom is -0.507 e. The number of aryl methyl sites for hydroxylation is 1. The van der Waals surface area contributed by atoms with Crippen LogP contribution in [0, 0.1) is 6.92 Å². The lowest BCUT2D eigenvalue weighted by Gasteiger charge is -2.27. The van der Waals surface area contributed by atoms with Gasteiger partial charge in [-0.25, -0.2) is 0 Å². The third-order valence-electron chi connectivity index (χ3n) is 8.41. The Bertz CT molecular complexity index is 1630. The molecule has 1 aliphatic heterocycles. The number of hydrogen-bond acceptors (Lipinski definition) is 6. The van der Waals surface area contributed by atoms with Crippen LogP contribution in [-0.2, 0) is 22.8 Å². The van der Waals surface area contributed by atoms with Gasteiger partial charge < -0.3 is 24.4 Å². The van der Waals surface area contributed by atoms with Crippen molar-refractivity contribution in [3.63, 3.8) is 0 Å². The summed E-state index contributed by atoms with van der Waals surface area (Å²) < 4.78 is 11.9. The smallest absolute Gasteiger partial charge is 0.295 e. The van der Waals surface area contributed by atoms with Crippen molar-refractivity contribution in [1.29, 1.82) is 0 Å². The van der Waals surface area contributed by atoms with Gasteiger partial charge in [-0.05, 0) is 86.1 Å². The molecule has 0 saturated carbocycles. The fourth-order valence-corrected chi connectivity index (χ4v) is 5.66. The number of hydrogen-bond donors (Lipinski definition) is 1. The molecule has 7 nitrogen and oxygen atoms in total. The van der Waals surface area contributed by atoms with Crippen molar-refractivity contribution in [3.8, 4) is 11.5 Å². The normalized spacial score (nSPS) is 15.8. The van der Waals surface area contributed by atoms with Gasteiger partial charge in [-0.15, -0.1) is 0 Å². The maximum Gasteiger partial charge on any atom is 0.295 e. The van der Waals surface area contributed by atoms with Gasteiger partial charge in [0.25, 0.3) is 11.7 Å². The number of carbonyl (C=O) groups excluding carboxylic acids is 2. The number of carbonyl (C=O) groups is 2. The summed E-state index contributed by atoms with van der Waals surface area (Å²) >= 11 is 0. The molecule has 0 bridgehead atoms. The first kappa shape index (κ1) is 32.5. The van der Waals surface area contributed by atoms with Crippen molar-refractivity contribution < 1.29 is 24.2 Å². The standard InChI is InChI=1S/C39H42N2O5/c1-4-40(5-2)24-9-25-41-36(31-16-20-33(21-17-31)45-26-29-10-7-6-8-11-29)35(38(43)39(41)44)37(42)32-18-22-34(23-19-32)46-27-30-14-12-28(3)13-15-30/h6-8,10-23,36,42H,4-5,9,24-27H2,1-3H3. The number of likely N-dealkylation sites (tertiary alicyclic amines) is 1. The second kappa shape index (κ2) is 15.4. The lowest BCUT2D eigenvalue weighted by molar-refractivity contribution is -0.140. The van der Waals surface area contributed by atoms with Crippen LogP contribution >= 0.6 is 0 Å². The number of nitrogens with zero attached hydrogens (tertiary/aromatic N) is 2. The molecule has 46 heavy (non-hydrogen) atoms. The van der Waals surface area contributed by atoms with Gasteiger partial charge in [-0.3, -0.25) is 9.59 Å². The van der Waals surface area contributed by atoms with Crippen molar-refractivity contribution in [3.05, 3.63) is 137 Å². The lowest BCUT2D eigenvalue weighted by atomic mass is 9.95. The topological polar surface area (TPSA) is 79.3 Å².